The molecule has 98 valence electrons. The van der Waals surface area contributed by atoms with Gasteiger partial charge in [-0.05, 0) is 37.9 Å². The third kappa shape index (κ3) is 4.22. The van der Waals surface area contributed by atoms with Gasteiger partial charge in [-0.15, -0.1) is 0 Å². The Labute approximate surface area is 109 Å². The first-order valence-corrected chi connectivity index (χ1v) is 6.85. The van der Waals surface area contributed by atoms with Crippen molar-refractivity contribution in [2.75, 3.05) is 25.4 Å². The van der Waals surface area contributed by atoms with Gasteiger partial charge in [0, 0.05) is 19.5 Å². The number of thiol groups is 1. The molecule has 1 rings (SSSR count). The summed E-state index contributed by atoms with van der Waals surface area (Å²) in [4.78, 5) is 25.1. The number of amides is 2. The summed E-state index contributed by atoms with van der Waals surface area (Å²) in [5.41, 5.74) is 0.120. The summed E-state index contributed by atoms with van der Waals surface area (Å²) in [6.07, 6.45) is 2.70. The van der Waals surface area contributed by atoms with Crippen molar-refractivity contribution in [3.05, 3.63) is 0 Å². The normalized spacial score (nSPS) is 16.4. The Hall–Kier alpha value is -0.710. The van der Waals surface area contributed by atoms with E-state index in [-0.39, 0.29) is 23.8 Å². The number of nitrogens with one attached hydrogen (secondary N) is 1. The van der Waals surface area contributed by atoms with Crippen LogP contribution in [0.5, 0.6) is 0 Å². The molecule has 0 unspecified atom stereocenters. The average molecular weight is 258 g/mol. The van der Waals surface area contributed by atoms with Crippen LogP contribution in [0.3, 0.4) is 0 Å². The molecule has 4 nitrogen and oxygen atoms in total. The fourth-order valence-electron chi connectivity index (χ4n) is 1.80. The van der Waals surface area contributed by atoms with Gasteiger partial charge >= 0.3 is 0 Å². The van der Waals surface area contributed by atoms with E-state index in [1.807, 2.05) is 13.8 Å². The third-order valence-electron chi connectivity index (χ3n) is 3.26. The first-order chi connectivity index (χ1) is 8.06. The van der Waals surface area contributed by atoms with Gasteiger partial charge in [0.05, 0.1) is 6.54 Å². The molecule has 1 aliphatic rings. The van der Waals surface area contributed by atoms with Crippen molar-refractivity contribution in [1.29, 1.82) is 0 Å². The largest absolute Gasteiger partial charge is 0.355 e. The lowest BCUT2D eigenvalue weighted by Crippen LogP contribution is -2.41. The molecule has 0 radical (unpaired) electrons. The molecule has 0 aromatic heterocycles. The van der Waals surface area contributed by atoms with E-state index in [0.29, 0.717) is 19.5 Å². The van der Waals surface area contributed by atoms with Crippen molar-refractivity contribution >= 4 is 24.4 Å². The molecule has 0 aromatic rings. The maximum atomic E-state index is 12.0. The van der Waals surface area contributed by atoms with Crippen molar-refractivity contribution in [2.45, 2.75) is 33.1 Å². The van der Waals surface area contributed by atoms with Crippen LogP contribution in [0, 0.1) is 5.41 Å². The summed E-state index contributed by atoms with van der Waals surface area (Å²) >= 11 is 4.29. The lowest BCUT2D eigenvalue weighted by atomic mass is 10.0. The molecule has 0 aromatic carbocycles. The zero-order chi connectivity index (χ0) is 12.9. The smallest absolute Gasteiger partial charge is 0.239 e. The van der Waals surface area contributed by atoms with E-state index < -0.39 is 0 Å². The average Bonchev–Trinajstić information content (AvgIpc) is 3.06. The topological polar surface area (TPSA) is 49.4 Å². The molecule has 5 heteroatoms. The predicted molar refractivity (Wildman–Crippen MR) is 71.1 cm³/mol. The molecule has 0 bridgehead atoms. The minimum absolute atomic E-state index is 0.0744. The molecule has 0 spiro atoms. The summed E-state index contributed by atoms with van der Waals surface area (Å²) in [6, 6.07) is 0. The third-order valence-corrected chi connectivity index (χ3v) is 3.93. The summed E-state index contributed by atoms with van der Waals surface area (Å²) < 4.78 is 0. The molecule has 1 N–H and O–H groups in total. The van der Waals surface area contributed by atoms with Gasteiger partial charge in [-0.2, -0.15) is 12.6 Å². The van der Waals surface area contributed by atoms with Gasteiger partial charge in [0.25, 0.3) is 0 Å². The number of nitrogens with zero attached hydrogens (tertiary/aromatic N) is 1. The highest BCUT2D eigenvalue weighted by Gasteiger charge is 2.43. The van der Waals surface area contributed by atoms with Crippen LogP contribution in [0.25, 0.3) is 0 Å². The number of carbonyl (C=O) groups is 2. The van der Waals surface area contributed by atoms with E-state index in [4.69, 9.17) is 0 Å². The van der Waals surface area contributed by atoms with Crippen molar-refractivity contribution < 1.29 is 9.59 Å². The molecule has 0 saturated heterocycles. The molecule has 1 saturated carbocycles. The Morgan fingerprint density at radius 3 is 2.41 bits per heavy atom. The lowest BCUT2D eigenvalue weighted by Gasteiger charge is -2.22. The van der Waals surface area contributed by atoms with E-state index >= 15 is 0 Å². The van der Waals surface area contributed by atoms with Gasteiger partial charge in [0.2, 0.25) is 11.8 Å². The van der Waals surface area contributed by atoms with Crippen LogP contribution >= 0.6 is 12.6 Å². The van der Waals surface area contributed by atoms with E-state index in [1.165, 1.54) is 0 Å². The van der Waals surface area contributed by atoms with Gasteiger partial charge in [-0.3, -0.25) is 9.59 Å². The van der Waals surface area contributed by atoms with Gasteiger partial charge in [0.15, 0.2) is 0 Å². The van der Waals surface area contributed by atoms with Crippen LogP contribution in [-0.2, 0) is 9.59 Å². The Morgan fingerprint density at radius 1 is 1.35 bits per heavy atom. The molecule has 1 fully saturated rings. The molecular formula is C12H22N2O2S. The number of hydrogen-bond acceptors (Lipinski definition) is 3. The second kappa shape index (κ2) is 6.28. The van der Waals surface area contributed by atoms with Crippen molar-refractivity contribution in [3.8, 4) is 0 Å². The van der Waals surface area contributed by atoms with Crippen molar-refractivity contribution in [2.24, 2.45) is 5.41 Å². The minimum atomic E-state index is -0.0848. The highest BCUT2D eigenvalue weighted by atomic mass is 32.1. The van der Waals surface area contributed by atoms with Crippen LogP contribution < -0.4 is 5.32 Å². The van der Waals surface area contributed by atoms with E-state index in [0.717, 1.165) is 18.6 Å². The van der Waals surface area contributed by atoms with Crippen LogP contribution in [0.4, 0.5) is 0 Å². The Bertz CT molecular complexity index is 290. The van der Waals surface area contributed by atoms with Crippen molar-refractivity contribution in [1.82, 2.24) is 10.2 Å². The predicted octanol–water partition coefficient (Wildman–Crippen LogP) is 1.07. The zero-order valence-electron chi connectivity index (χ0n) is 10.7. The van der Waals surface area contributed by atoms with Crippen LogP contribution in [0.15, 0.2) is 0 Å². The Balaban J connectivity index is 2.44. The number of likely N-dealkylation sites (N-methyl/N-ethyl adjacent to an activating group) is 2. The SMILES string of the molecule is CCNC(=O)CN(CC)C(=O)CC1(CS)CC1. The zero-order valence-corrected chi connectivity index (χ0v) is 11.6. The highest BCUT2D eigenvalue weighted by molar-refractivity contribution is 7.80. The molecular weight excluding hydrogens is 236 g/mol. The van der Waals surface area contributed by atoms with Gasteiger partial charge in [0.1, 0.15) is 0 Å². The number of rotatable bonds is 7. The second-order valence-corrected chi connectivity index (χ2v) is 5.01. The number of carbonyl (C=O) groups excluding carboxylic acids is 2. The van der Waals surface area contributed by atoms with Gasteiger partial charge in [-0.25, -0.2) is 0 Å². The maximum Gasteiger partial charge on any atom is 0.239 e. The van der Waals surface area contributed by atoms with Gasteiger partial charge < -0.3 is 10.2 Å². The molecule has 0 aliphatic heterocycles. The molecule has 0 heterocycles. The minimum Gasteiger partial charge on any atom is -0.355 e. The monoisotopic (exact) mass is 258 g/mol. The summed E-state index contributed by atoms with van der Waals surface area (Å²) in [5, 5.41) is 2.71. The van der Waals surface area contributed by atoms with Gasteiger partial charge in [-0.1, -0.05) is 0 Å². The summed E-state index contributed by atoms with van der Waals surface area (Å²) in [5.74, 6) is 0.751. The lowest BCUT2D eigenvalue weighted by molar-refractivity contribution is -0.136. The first kappa shape index (κ1) is 14.4. The standard InChI is InChI=1S/C12H22N2O2S/c1-3-13-10(15)8-14(4-2)11(16)7-12(9-17)5-6-12/h17H,3-9H2,1-2H3,(H,13,15). The summed E-state index contributed by atoms with van der Waals surface area (Å²) in [6.45, 7) is 5.13. The second-order valence-electron chi connectivity index (χ2n) is 4.70. The molecule has 17 heavy (non-hydrogen) atoms. The first-order valence-electron chi connectivity index (χ1n) is 6.22. The quantitative estimate of drug-likeness (QED) is 0.671. The maximum absolute atomic E-state index is 12.0. The fraction of sp³-hybridized carbons (Fsp3) is 0.833. The molecule has 0 atom stereocenters. The fourth-order valence-corrected chi connectivity index (χ4v) is 2.23. The van der Waals surface area contributed by atoms with Crippen LogP contribution in [0.2, 0.25) is 0 Å². The summed E-state index contributed by atoms with van der Waals surface area (Å²) in [7, 11) is 0. The van der Waals surface area contributed by atoms with Crippen molar-refractivity contribution in [3.63, 3.8) is 0 Å². The Morgan fingerprint density at radius 2 is 2.00 bits per heavy atom. The highest BCUT2D eigenvalue weighted by Crippen LogP contribution is 2.49. The van der Waals surface area contributed by atoms with Crippen LogP contribution in [-0.4, -0.2) is 42.1 Å². The number of hydrogen-bond donors (Lipinski definition) is 2. The van der Waals surface area contributed by atoms with E-state index in [1.54, 1.807) is 4.90 Å². The van der Waals surface area contributed by atoms with E-state index in [2.05, 4.69) is 17.9 Å². The Kier molecular flexibility index (Phi) is 5.31. The molecule has 1 aliphatic carbocycles. The molecule has 2 amide bonds. The van der Waals surface area contributed by atoms with Crippen LogP contribution in [0.1, 0.15) is 33.1 Å². The van der Waals surface area contributed by atoms with E-state index in [9.17, 15) is 9.59 Å².